The van der Waals surface area contributed by atoms with E-state index in [0.717, 1.165) is 17.5 Å². The molecule has 3 rings (SSSR count). The van der Waals surface area contributed by atoms with Crippen LogP contribution in [0.1, 0.15) is 24.0 Å². The smallest absolute Gasteiger partial charge is 0.240 e. The predicted molar refractivity (Wildman–Crippen MR) is 125 cm³/mol. The van der Waals surface area contributed by atoms with Gasteiger partial charge in [-0.05, 0) is 51.0 Å². The summed E-state index contributed by atoms with van der Waals surface area (Å²) in [6.45, 7) is 4.36. The summed E-state index contributed by atoms with van der Waals surface area (Å²) in [6.07, 6.45) is 0.923. The third kappa shape index (κ3) is 8.78. The molecular weight excluding hydrogens is 468 g/mol. The third-order valence-corrected chi connectivity index (χ3v) is 8.01. The molecule has 33 heavy (non-hydrogen) atoms. The zero-order valence-electron chi connectivity index (χ0n) is 18.8. The molecule has 0 radical (unpaired) electrons. The number of rotatable bonds is 9. The van der Waals surface area contributed by atoms with E-state index in [1.807, 2.05) is 13.8 Å². The molecule has 1 fully saturated rings. The summed E-state index contributed by atoms with van der Waals surface area (Å²) >= 11 is 0. The number of aliphatic hydroxyl groups excluding tert-OH is 2. The molecule has 2 aromatic carbocycles. The zero-order valence-corrected chi connectivity index (χ0v) is 20.4. The van der Waals surface area contributed by atoms with Gasteiger partial charge in [0.15, 0.2) is 0 Å². The van der Waals surface area contributed by atoms with E-state index >= 15 is 0 Å². The molecular formula is C22H32N2O7S2. The Kier molecular flexibility index (Phi) is 10.4. The zero-order chi connectivity index (χ0) is 24.5. The average Bonchev–Trinajstić information content (AvgIpc) is 3.26. The highest BCUT2D eigenvalue weighted by Crippen LogP contribution is 2.13. The molecule has 0 aliphatic carbocycles. The Morgan fingerprint density at radius 3 is 1.85 bits per heavy atom. The Bertz CT molecular complexity index is 1060. The number of hydrogen-bond acceptors (Lipinski definition) is 7. The van der Waals surface area contributed by atoms with E-state index in [4.69, 9.17) is 14.9 Å². The average molecular weight is 501 g/mol. The second-order valence-corrected chi connectivity index (χ2v) is 11.2. The van der Waals surface area contributed by atoms with Gasteiger partial charge < -0.3 is 14.9 Å². The number of aryl methyl sites for hydroxylation is 2. The van der Waals surface area contributed by atoms with Gasteiger partial charge in [0.2, 0.25) is 20.0 Å². The van der Waals surface area contributed by atoms with Crippen LogP contribution in [0.25, 0.3) is 0 Å². The fourth-order valence-corrected chi connectivity index (χ4v) is 5.50. The van der Waals surface area contributed by atoms with Gasteiger partial charge in [-0.1, -0.05) is 35.4 Å². The van der Waals surface area contributed by atoms with Gasteiger partial charge in [-0.15, -0.1) is 0 Å². The van der Waals surface area contributed by atoms with E-state index in [9.17, 15) is 16.8 Å². The van der Waals surface area contributed by atoms with E-state index < -0.39 is 26.1 Å². The molecule has 0 unspecified atom stereocenters. The van der Waals surface area contributed by atoms with Crippen LogP contribution in [0.4, 0.5) is 0 Å². The summed E-state index contributed by atoms with van der Waals surface area (Å²) in [6, 6.07) is 12.5. The van der Waals surface area contributed by atoms with Crippen molar-refractivity contribution in [2.24, 2.45) is 0 Å². The molecule has 4 N–H and O–H groups in total. The molecule has 1 heterocycles. The Morgan fingerprint density at radius 2 is 1.42 bits per heavy atom. The molecule has 0 spiro atoms. The molecule has 1 aliphatic rings. The van der Waals surface area contributed by atoms with E-state index in [1.165, 1.54) is 12.1 Å². The second-order valence-electron chi connectivity index (χ2n) is 7.82. The summed E-state index contributed by atoms with van der Waals surface area (Å²) in [5, 5.41) is 17.7. The lowest BCUT2D eigenvalue weighted by molar-refractivity contribution is 0.192. The van der Waals surface area contributed by atoms with Crippen LogP contribution < -0.4 is 9.44 Å². The minimum absolute atomic E-state index is 0.0914. The molecule has 1 aliphatic heterocycles. The molecule has 1 saturated heterocycles. The fourth-order valence-electron chi connectivity index (χ4n) is 2.98. The molecule has 0 amide bonds. The molecule has 184 valence electrons. The van der Waals surface area contributed by atoms with Crippen molar-refractivity contribution in [3.05, 3.63) is 59.7 Å². The van der Waals surface area contributed by atoms with E-state index in [1.54, 1.807) is 36.4 Å². The van der Waals surface area contributed by atoms with Gasteiger partial charge in [-0.25, -0.2) is 26.3 Å². The molecule has 2 atom stereocenters. The Hall–Kier alpha value is -1.86. The largest absolute Gasteiger partial charge is 0.396 e. The van der Waals surface area contributed by atoms with Gasteiger partial charge >= 0.3 is 0 Å². The van der Waals surface area contributed by atoms with Crippen molar-refractivity contribution in [1.82, 2.24) is 9.44 Å². The van der Waals surface area contributed by atoms with Gasteiger partial charge in [0.05, 0.1) is 23.0 Å². The number of ether oxygens (including phenoxy) is 1. The van der Waals surface area contributed by atoms with E-state index in [2.05, 4.69) is 9.44 Å². The van der Waals surface area contributed by atoms with Crippen LogP contribution in [0, 0.1) is 13.8 Å². The van der Waals surface area contributed by atoms with E-state index in [0.29, 0.717) is 18.1 Å². The second kappa shape index (κ2) is 12.6. The van der Waals surface area contributed by atoms with Crippen LogP contribution in [0.15, 0.2) is 58.3 Å². The van der Waals surface area contributed by atoms with Gasteiger partial charge in [0, 0.05) is 25.3 Å². The number of hydrogen-bond donors (Lipinski definition) is 4. The van der Waals surface area contributed by atoms with Crippen molar-refractivity contribution in [3.63, 3.8) is 0 Å². The Labute approximate surface area is 195 Å². The Balaban J connectivity index is 0.000000234. The first-order valence-electron chi connectivity index (χ1n) is 10.5. The lowest BCUT2D eigenvalue weighted by Crippen LogP contribution is -2.38. The maximum Gasteiger partial charge on any atom is 0.240 e. The summed E-state index contributed by atoms with van der Waals surface area (Å²) in [7, 11) is -7.02. The first-order chi connectivity index (χ1) is 15.6. The molecule has 9 nitrogen and oxygen atoms in total. The number of aliphatic hydroxyl groups is 2. The van der Waals surface area contributed by atoms with Crippen LogP contribution in [0.2, 0.25) is 0 Å². The van der Waals surface area contributed by atoms with Crippen molar-refractivity contribution < 1.29 is 31.8 Å². The molecule has 0 bridgehead atoms. The lowest BCUT2D eigenvalue weighted by Gasteiger charge is -2.15. The van der Waals surface area contributed by atoms with Crippen LogP contribution in [0.3, 0.4) is 0 Å². The molecule has 0 saturated carbocycles. The quantitative estimate of drug-likeness (QED) is 0.404. The van der Waals surface area contributed by atoms with Crippen molar-refractivity contribution in [1.29, 1.82) is 0 Å². The number of benzene rings is 2. The highest BCUT2D eigenvalue weighted by Gasteiger charge is 2.23. The van der Waals surface area contributed by atoms with Crippen molar-refractivity contribution in [2.45, 2.75) is 48.6 Å². The van der Waals surface area contributed by atoms with Crippen LogP contribution in [-0.4, -0.2) is 65.6 Å². The SMILES string of the molecule is Cc1ccc(S(=O)(=O)N[C@H](CO)CCO)cc1.Cc1ccc(S(=O)(=O)N[C@H]2CCOC2)cc1. The Morgan fingerprint density at radius 1 is 0.909 bits per heavy atom. The normalized spacial score (nSPS) is 17.3. The maximum atomic E-state index is 11.9. The van der Waals surface area contributed by atoms with Crippen LogP contribution in [0.5, 0.6) is 0 Å². The summed E-state index contributed by atoms with van der Waals surface area (Å²) < 4.78 is 57.7. The highest BCUT2D eigenvalue weighted by molar-refractivity contribution is 7.89. The van der Waals surface area contributed by atoms with Crippen LogP contribution >= 0.6 is 0 Å². The summed E-state index contributed by atoms with van der Waals surface area (Å²) in [5.41, 5.74) is 2.01. The van der Waals surface area contributed by atoms with E-state index in [-0.39, 0.29) is 30.6 Å². The van der Waals surface area contributed by atoms with Gasteiger partial charge in [0.25, 0.3) is 0 Å². The lowest BCUT2D eigenvalue weighted by atomic mass is 10.2. The topological polar surface area (TPSA) is 142 Å². The summed E-state index contributed by atoms with van der Waals surface area (Å²) in [5.74, 6) is 0. The fraction of sp³-hybridized carbons (Fsp3) is 0.455. The third-order valence-electron chi connectivity index (χ3n) is 4.93. The molecule has 2 aromatic rings. The highest BCUT2D eigenvalue weighted by atomic mass is 32.2. The number of nitrogens with one attached hydrogen (secondary N) is 2. The molecule has 11 heteroatoms. The predicted octanol–water partition coefficient (Wildman–Crippen LogP) is 1.08. The maximum absolute atomic E-state index is 11.9. The van der Waals surface area contributed by atoms with Crippen molar-refractivity contribution in [3.8, 4) is 0 Å². The van der Waals surface area contributed by atoms with Gasteiger partial charge in [-0.2, -0.15) is 0 Å². The van der Waals surface area contributed by atoms with Gasteiger partial charge in [0.1, 0.15) is 0 Å². The first kappa shape index (κ1) is 27.4. The molecule has 0 aromatic heterocycles. The summed E-state index contributed by atoms with van der Waals surface area (Å²) in [4.78, 5) is 0.462. The minimum atomic E-state index is -3.63. The minimum Gasteiger partial charge on any atom is -0.396 e. The monoisotopic (exact) mass is 500 g/mol. The standard InChI is InChI=1S/C11H17NO4S.C11H15NO3S/c1-9-2-4-11(5-3-9)17(15,16)12-10(8-14)6-7-13;1-9-2-4-11(5-3-9)16(13,14)12-10-6-7-15-8-10/h2-5,10,12-14H,6-8H2,1H3;2-5,10,12H,6-8H2,1H3/t2*10-/m00/s1. The first-order valence-corrected chi connectivity index (χ1v) is 13.5. The number of sulfonamides is 2. The van der Waals surface area contributed by atoms with Crippen molar-refractivity contribution in [2.75, 3.05) is 26.4 Å². The van der Waals surface area contributed by atoms with Crippen molar-refractivity contribution >= 4 is 20.0 Å². The van der Waals surface area contributed by atoms with Gasteiger partial charge in [-0.3, -0.25) is 0 Å². The van der Waals surface area contributed by atoms with Crippen LogP contribution in [-0.2, 0) is 24.8 Å².